The van der Waals surface area contributed by atoms with Crippen LogP contribution >= 0.6 is 0 Å². The fourth-order valence-corrected chi connectivity index (χ4v) is 12.1. The third-order valence-corrected chi connectivity index (χ3v) is 17.0. The molecule has 3 atom stereocenters. The number of anilines is 1. The van der Waals surface area contributed by atoms with E-state index in [0.717, 1.165) is 69.9 Å². The Balaban J connectivity index is 1.18. The average Bonchev–Trinajstić information content (AvgIpc) is 2.73. The minimum Gasteiger partial charge on any atom is -0.494 e. The third-order valence-electron chi connectivity index (χ3n) is 14.4. The summed E-state index contributed by atoms with van der Waals surface area (Å²) in [5.41, 5.74) is 2.60. The monoisotopic (exact) mass is 1220 g/mol. The number of aryl methyl sites for hydroxylation is 4. The minimum absolute atomic E-state index is 0.0247. The first kappa shape index (κ1) is 70.4. The number of amides is 4. The number of fused-ring (bicyclic) bond motifs is 1. The molecule has 84 heavy (non-hydrogen) atoms. The number of nitrogens with one attached hydrogen (secondary N) is 6. The molecule has 1 aromatic heterocycles. The highest BCUT2D eigenvalue weighted by atomic mass is 32.2. The van der Waals surface area contributed by atoms with E-state index in [1.807, 2.05) is 24.9 Å². The first-order valence-corrected chi connectivity index (χ1v) is 31.9. The summed E-state index contributed by atoms with van der Waals surface area (Å²) in [6.07, 6.45) is 5.94. The summed E-state index contributed by atoms with van der Waals surface area (Å²) in [6.45, 7) is 11.1. The van der Waals surface area contributed by atoms with Crippen LogP contribution in [0.1, 0.15) is 99.9 Å². The van der Waals surface area contributed by atoms with E-state index in [1.165, 1.54) is 38.7 Å². The van der Waals surface area contributed by atoms with E-state index in [2.05, 4.69) is 57.1 Å². The van der Waals surface area contributed by atoms with Crippen LogP contribution in [0.4, 0.5) is 5.82 Å². The first-order chi connectivity index (χ1) is 39.9. The van der Waals surface area contributed by atoms with E-state index in [9.17, 15) is 65.2 Å². The number of carbonyl (C=O) groups is 7. The molecular formula is C55H89N11O16S2. The minimum atomic E-state index is -4.79. The predicted molar refractivity (Wildman–Crippen MR) is 313 cm³/mol. The number of esters is 1. The number of ether oxygens (including phenoxy) is 2. The van der Waals surface area contributed by atoms with Gasteiger partial charge >= 0.3 is 17.9 Å². The quantitative estimate of drug-likeness (QED) is 0.0255. The molecule has 27 nitrogen and oxygen atoms in total. The van der Waals surface area contributed by atoms with Crippen molar-refractivity contribution < 1.29 is 74.6 Å². The van der Waals surface area contributed by atoms with Crippen LogP contribution in [0.15, 0.2) is 29.2 Å². The van der Waals surface area contributed by atoms with Crippen molar-refractivity contribution in [1.82, 2.24) is 50.6 Å². The topological polar surface area (TPSA) is 365 Å². The molecule has 0 saturated carbocycles. The molecular weight excluding hydrogens is 1130 g/mol. The summed E-state index contributed by atoms with van der Waals surface area (Å²) in [5.74, 6) is -5.54. The number of carbonyl (C=O) groups excluding carboxylic acids is 5. The number of nitrogens with zero attached hydrogens (tertiary/aromatic N) is 5. The van der Waals surface area contributed by atoms with Crippen molar-refractivity contribution in [3.8, 4) is 5.75 Å². The Morgan fingerprint density at radius 1 is 0.786 bits per heavy atom. The van der Waals surface area contributed by atoms with Gasteiger partial charge in [0.15, 0.2) is 0 Å². The van der Waals surface area contributed by atoms with Crippen LogP contribution in [0, 0.1) is 13.8 Å². The molecule has 0 radical (unpaired) electrons. The van der Waals surface area contributed by atoms with Gasteiger partial charge in [0.1, 0.15) is 35.4 Å². The van der Waals surface area contributed by atoms with Gasteiger partial charge in [-0.1, -0.05) is 19.4 Å². The van der Waals surface area contributed by atoms with Crippen molar-refractivity contribution in [2.75, 3.05) is 123 Å². The molecule has 1 fully saturated rings. The van der Waals surface area contributed by atoms with Crippen LogP contribution in [0.5, 0.6) is 5.75 Å². The van der Waals surface area contributed by atoms with Crippen molar-refractivity contribution in [1.29, 1.82) is 0 Å². The van der Waals surface area contributed by atoms with Gasteiger partial charge < -0.3 is 56.1 Å². The number of pyridine rings is 1. The Labute approximate surface area is 493 Å². The summed E-state index contributed by atoms with van der Waals surface area (Å²) < 4.78 is 73.4. The van der Waals surface area contributed by atoms with Crippen molar-refractivity contribution in [3.63, 3.8) is 0 Å². The smallest absolute Gasteiger partial charge is 0.323 e. The molecule has 1 saturated heterocycles. The molecule has 2 unspecified atom stereocenters. The number of hydrogen-bond donors (Lipinski definition) is 9. The van der Waals surface area contributed by atoms with E-state index >= 15 is 0 Å². The largest absolute Gasteiger partial charge is 0.494 e. The second kappa shape index (κ2) is 36.0. The maximum Gasteiger partial charge on any atom is 0.323 e. The molecule has 2 aliphatic heterocycles. The third kappa shape index (κ3) is 26.0. The molecule has 1 aromatic carbocycles. The molecule has 472 valence electrons. The number of hydrogen-bond acceptors (Lipinski definition) is 19. The second-order valence-corrected chi connectivity index (χ2v) is 24.5. The van der Waals surface area contributed by atoms with E-state index in [0.29, 0.717) is 58.4 Å². The van der Waals surface area contributed by atoms with Gasteiger partial charge in [-0.05, 0) is 127 Å². The number of rotatable bonds is 36. The van der Waals surface area contributed by atoms with Crippen molar-refractivity contribution in [3.05, 3.63) is 46.6 Å². The second-order valence-electron chi connectivity index (χ2n) is 21.3. The maximum absolute atomic E-state index is 13.5. The Hall–Kier alpha value is -6.08. The Morgan fingerprint density at radius 3 is 2.14 bits per heavy atom. The van der Waals surface area contributed by atoms with Crippen LogP contribution in [0.25, 0.3) is 0 Å². The number of sulfonamides is 1. The van der Waals surface area contributed by atoms with Gasteiger partial charge in [-0.15, -0.1) is 0 Å². The van der Waals surface area contributed by atoms with Gasteiger partial charge in [-0.3, -0.25) is 47.9 Å². The van der Waals surface area contributed by atoms with Crippen molar-refractivity contribution >= 4 is 67.5 Å². The van der Waals surface area contributed by atoms with Gasteiger partial charge in [-0.25, -0.2) is 13.4 Å². The molecule has 29 heteroatoms. The SMILES string of the molecule is CCCCN(CCN1CCCN(CC(=O)OC)CCN(C)CC1)C(CCC(=O)NC(CS(=O)(=O)O)C(=O)NCCNC(=O)CCCOc1cc(C)c(S(=O)(=O)N[C@@H](CNC(=O)CCCCc2ccc3c(n2)NCCC3)C(=O)O)c(C)c1)C(=O)O. The van der Waals surface area contributed by atoms with E-state index in [4.69, 9.17) is 9.47 Å². The lowest BCUT2D eigenvalue weighted by molar-refractivity contribution is -0.144. The molecule has 2 aliphatic rings. The van der Waals surface area contributed by atoms with E-state index in [-0.39, 0.29) is 86.1 Å². The molecule has 2 aromatic rings. The van der Waals surface area contributed by atoms with Crippen LogP contribution in [-0.4, -0.2) is 234 Å². The number of methoxy groups -OCH3 is 1. The maximum atomic E-state index is 13.5. The fraction of sp³-hybridized carbons (Fsp3) is 0.673. The van der Waals surface area contributed by atoms with Crippen molar-refractivity contribution in [2.24, 2.45) is 0 Å². The Kier molecular flexibility index (Phi) is 30.2. The van der Waals surface area contributed by atoms with Crippen LogP contribution in [0.2, 0.25) is 0 Å². The normalized spacial score (nSPS) is 15.8. The predicted octanol–water partition coefficient (Wildman–Crippen LogP) is 0.529. The highest BCUT2D eigenvalue weighted by Crippen LogP contribution is 2.27. The number of benzene rings is 1. The molecule has 0 spiro atoms. The number of likely N-dealkylation sites (N-methyl/N-ethyl adjacent to an activating group) is 1. The molecule has 9 N–H and O–H groups in total. The Morgan fingerprint density at radius 2 is 1.46 bits per heavy atom. The standard InChI is InChI=1S/C55H89N11O16S2/c1-6-7-26-66(32-31-64-24-12-25-65(37-50(70)81-5)30-28-63(4)27-29-64)46(55(74)75)19-20-49(69)61-45(38-83(76,77)78)53(71)58-23-22-56-47(67)16-11-33-82-43-34-39(2)51(40(3)35-43)84(79,80)62-44(54(72)73)36-59-48(68)15-9-8-14-42-18-17-41-13-10-21-57-52(41)60-42/h17-18,34-35,44-46,62H,6-16,19-33,36-38H2,1-5H3,(H,56,67)(H,57,60)(H,58,71)(H,59,68)(H,61,69)(H,72,73)(H,74,75)(H,76,77,78)/t44-,45?,46?/m0/s1. The van der Waals surface area contributed by atoms with Crippen molar-refractivity contribution in [2.45, 2.75) is 127 Å². The summed E-state index contributed by atoms with van der Waals surface area (Å²) in [5, 5.41) is 33.4. The zero-order valence-corrected chi connectivity index (χ0v) is 50.9. The lowest BCUT2D eigenvalue weighted by Crippen LogP contribution is -2.52. The molecule has 3 heterocycles. The fourth-order valence-electron chi connectivity index (χ4n) is 9.82. The lowest BCUT2D eigenvalue weighted by atomic mass is 10.1. The van der Waals surface area contributed by atoms with Gasteiger partial charge in [0.2, 0.25) is 33.7 Å². The number of aromatic nitrogens is 1. The highest BCUT2D eigenvalue weighted by Gasteiger charge is 2.31. The van der Waals surface area contributed by atoms with Gasteiger partial charge in [0.25, 0.3) is 10.1 Å². The van der Waals surface area contributed by atoms with Crippen LogP contribution in [0.3, 0.4) is 0 Å². The first-order valence-electron chi connectivity index (χ1n) is 28.8. The van der Waals surface area contributed by atoms with Gasteiger partial charge in [0.05, 0.1) is 25.2 Å². The van der Waals surface area contributed by atoms with Gasteiger partial charge in [-0.2, -0.15) is 13.1 Å². The number of carboxylic acids is 2. The van der Waals surface area contributed by atoms with E-state index in [1.54, 1.807) is 0 Å². The summed E-state index contributed by atoms with van der Waals surface area (Å²) in [4.78, 5) is 101. The number of aliphatic carboxylic acids is 2. The summed E-state index contributed by atoms with van der Waals surface area (Å²) in [7, 11) is -5.83. The molecule has 0 bridgehead atoms. The van der Waals surface area contributed by atoms with Crippen LogP contribution < -0.4 is 36.0 Å². The number of unbranched alkanes of at least 4 members (excludes halogenated alkanes) is 2. The van der Waals surface area contributed by atoms with E-state index < -0.39 is 86.1 Å². The summed E-state index contributed by atoms with van der Waals surface area (Å²) >= 11 is 0. The number of carboxylic acid groups (broad SMARTS) is 2. The highest BCUT2D eigenvalue weighted by molar-refractivity contribution is 7.89. The molecule has 4 amide bonds. The lowest BCUT2D eigenvalue weighted by Gasteiger charge is -2.34. The molecule has 4 rings (SSSR count). The zero-order chi connectivity index (χ0) is 61.8. The molecule has 0 aliphatic carbocycles. The zero-order valence-electron chi connectivity index (χ0n) is 49.2. The average molecular weight is 1220 g/mol. The van der Waals surface area contributed by atoms with Gasteiger partial charge in [0, 0.05) is 96.9 Å². The summed E-state index contributed by atoms with van der Waals surface area (Å²) in [6, 6.07) is 2.48. The van der Waals surface area contributed by atoms with Crippen LogP contribution in [-0.2, 0) is 71.3 Å². The Bertz CT molecular complexity index is 2720.